The fourth-order valence-corrected chi connectivity index (χ4v) is 4.02. The van der Waals surface area contributed by atoms with E-state index < -0.39 is 10.0 Å². The van der Waals surface area contributed by atoms with E-state index in [0.29, 0.717) is 17.2 Å². The molecule has 0 saturated heterocycles. The zero-order chi connectivity index (χ0) is 19.4. The third-order valence-corrected chi connectivity index (χ3v) is 6.10. The second kappa shape index (κ2) is 8.05. The molecule has 0 spiro atoms. The number of benzene rings is 1. The molecule has 1 aromatic carbocycles. The summed E-state index contributed by atoms with van der Waals surface area (Å²) in [6.07, 6.45) is 0. The van der Waals surface area contributed by atoms with Gasteiger partial charge in [-0.2, -0.15) is 9.61 Å². The van der Waals surface area contributed by atoms with Gasteiger partial charge in [-0.15, -0.1) is 21.5 Å². The summed E-state index contributed by atoms with van der Waals surface area (Å²) < 4.78 is 34.0. The van der Waals surface area contributed by atoms with Crippen LogP contribution in [0.2, 0.25) is 0 Å². The van der Waals surface area contributed by atoms with E-state index in [2.05, 4.69) is 20.0 Å². The molecule has 4 rings (SSSR count). The number of fused-ring (bicyclic) bond motifs is 1. The van der Waals surface area contributed by atoms with Gasteiger partial charge < -0.3 is 4.74 Å². The highest BCUT2D eigenvalue weighted by molar-refractivity contribution is 7.89. The van der Waals surface area contributed by atoms with Crippen molar-refractivity contribution in [3.8, 4) is 16.3 Å². The van der Waals surface area contributed by atoms with Gasteiger partial charge in [0.15, 0.2) is 11.5 Å². The monoisotopic (exact) mass is 415 g/mol. The lowest BCUT2D eigenvalue weighted by atomic mass is 10.3. The van der Waals surface area contributed by atoms with Gasteiger partial charge >= 0.3 is 0 Å². The normalized spacial score (nSPS) is 11.7. The minimum Gasteiger partial charge on any atom is -0.492 e. The highest BCUT2D eigenvalue weighted by atomic mass is 32.2. The van der Waals surface area contributed by atoms with Crippen LogP contribution < -0.4 is 9.46 Å². The van der Waals surface area contributed by atoms with Crippen molar-refractivity contribution in [2.45, 2.75) is 6.54 Å². The van der Waals surface area contributed by atoms with E-state index in [9.17, 15) is 8.42 Å². The molecule has 0 bridgehead atoms. The Kier molecular flexibility index (Phi) is 5.33. The summed E-state index contributed by atoms with van der Waals surface area (Å²) in [5.41, 5.74) is 1.34. The number of hydrogen-bond acceptors (Lipinski definition) is 7. The van der Waals surface area contributed by atoms with Crippen LogP contribution in [0.15, 0.2) is 60.0 Å². The number of sulfonamides is 1. The minimum absolute atomic E-state index is 0.00424. The summed E-state index contributed by atoms with van der Waals surface area (Å²) in [5, 5.41) is 14.6. The van der Waals surface area contributed by atoms with Crippen molar-refractivity contribution in [2.24, 2.45) is 0 Å². The molecule has 3 heterocycles. The Hall–Kier alpha value is -2.82. The van der Waals surface area contributed by atoms with Crippen LogP contribution in [-0.4, -0.2) is 40.6 Å². The van der Waals surface area contributed by atoms with Crippen molar-refractivity contribution in [3.05, 3.63) is 65.8 Å². The second-order valence-electron chi connectivity index (χ2n) is 5.88. The summed E-state index contributed by atoms with van der Waals surface area (Å²) in [6.45, 7) is 0.0520. The third kappa shape index (κ3) is 4.35. The molecule has 8 nitrogen and oxygen atoms in total. The summed E-state index contributed by atoms with van der Waals surface area (Å²) in [4.78, 5) is 1.01. The van der Waals surface area contributed by atoms with Crippen LogP contribution in [0, 0.1) is 0 Å². The molecular weight excluding hydrogens is 398 g/mol. The molecule has 0 saturated carbocycles. The third-order valence-electron chi connectivity index (χ3n) is 3.92. The highest BCUT2D eigenvalue weighted by Gasteiger charge is 2.14. The molecule has 0 aliphatic rings. The average Bonchev–Trinajstić information content (AvgIpc) is 3.37. The second-order valence-corrected chi connectivity index (χ2v) is 8.76. The number of hydrogen-bond donors (Lipinski definition) is 1. The Morgan fingerprint density at radius 3 is 2.68 bits per heavy atom. The molecule has 0 amide bonds. The van der Waals surface area contributed by atoms with Gasteiger partial charge in [0.05, 0.1) is 17.2 Å². The maximum Gasteiger partial charge on any atom is 0.215 e. The molecule has 28 heavy (non-hydrogen) atoms. The van der Waals surface area contributed by atoms with Gasteiger partial charge in [0.1, 0.15) is 18.1 Å². The molecule has 0 radical (unpaired) electrons. The van der Waals surface area contributed by atoms with Crippen LogP contribution in [0.1, 0.15) is 5.82 Å². The van der Waals surface area contributed by atoms with Gasteiger partial charge in [-0.25, -0.2) is 13.1 Å². The van der Waals surface area contributed by atoms with E-state index in [1.54, 1.807) is 34.1 Å². The van der Waals surface area contributed by atoms with Gasteiger partial charge in [0.25, 0.3) is 0 Å². The van der Waals surface area contributed by atoms with E-state index in [0.717, 1.165) is 10.6 Å². The molecule has 3 aromatic heterocycles. The Morgan fingerprint density at radius 2 is 1.89 bits per heavy atom. The van der Waals surface area contributed by atoms with Gasteiger partial charge in [-0.1, -0.05) is 24.3 Å². The number of nitrogens with zero attached hydrogens (tertiary/aromatic N) is 4. The van der Waals surface area contributed by atoms with Crippen LogP contribution in [0.25, 0.3) is 16.2 Å². The summed E-state index contributed by atoms with van der Waals surface area (Å²) in [7, 11) is -3.53. The van der Waals surface area contributed by atoms with E-state index in [1.165, 1.54) is 0 Å². The van der Waals surface area contributed by atoms with Gasteiger partial charge in [0, 0.05) is 0 Å². The fraction of sp³-hybridized carbons (Fsp3) is 0.167. The minimum atomic E-state index is -3.53. The standard InChI is InChI=1S/C18H17N5O3S2/c24-28(25,12-10-26-14-5-2-1-3-6-14)19-13-18-21-20-17-9-8-15(22-23(17)18)16-7-4-11-27-16/h1-9,11,19H,10,12-13H2. The van der Waals surface area contributed by atoms with Crippen LogP contribution in [0.3, 0.4) is 0 Å². The van der Waals surface area contributed by atoms with Gasteiger partial charge in [-0.05, 0) is 35.7 Å². The van der Waals surface area contributed by atoms with Gasteiger partial charge in [-0.3, -0.25) is 0 Å². The molecular formula is C18H17N5O3S2. The lowest BCUT2D eigenvalue weighted by molar-refractivity contribution is 0.340. The van der Waals surface area contributed by atoms with Gasteiger partial charge in [0.2, 0.25) is 10.0 Å². The van der Waals surface area contributed by atoms with Crippen molar-refractivity contribution >= 4 is 27.0 Å². The lowest BCUT2D eigenvalue weighted by Crippen LogP contribution is -2.29. The first kappa shape index (κ1) is 18.5. The SMILES string of the molecule is O=S(=O)(CCOc1ccccc1)NCc1nnc2ccc(-c3cccs3)nn12. The molecule has 0 aliphatic carbocycles. The summed E-state index contributed by atoms with van der Waals surface area (Å²) in [6, 6.07) is 16.7. The van der Waals surface area contributed by atoms with Crippen LogP contribution in [-0.2, 0) is 16.6 Å². The van der Waals surface area contributed by atoms with Crippen molar-refractivity contribution in [1.82, 2.24) is 24.5 Å². The molecule has 10 heteroatoms. The van der Waals surface area contributed by atoms with E-state index in [1.807, 2.05) is 41.8 Å². The van der Waals surface area contributed by atoms with Crippen molar-refractivity contribution < 1.29 is 13.2 Å². The number of para-hydroxylation sites is 1. The van der Waals surface area contributed by atoms with Crippen molar-refractivity contribution in [3.63, 3.8) is 0 Å². The topological polar surface area (TPSA) is 98.5 Å². The fourth-order valence-electron chi connectivity index (χ4n) is 2.53. The lowest BCUT2D eigenvalue weighted by Gasteiger charge is -2.08. The highest BCUT2D eigenvalue weighted by Crippen LogP contribution is 2.22. The Balaban J connectivity index is 1.41. The summed E-state index contributed by atoms with van der Waals surface area (Å²) >= 11 is 1.58. The number of ether oxygens (including phenoxy) is 1. The van der Waals surface area contributed by atoms with Crippen molar-refractivity contribution in [2.75, 3.05) is 12.4 Å². The van der Waals surface area contributed by atoms with Crippen LogP contribution >= 0.6 is 11.3 Å². The number of rotatable bonds is 8. The summed E-state index contributed by atoms with van der Waals surface area (Å²) in [5.74, 6) is 0.888. The van der Waals surface area contributed by atoms with Crippen molar-refractivity contribution in [1.29, 1.82) is 0 Å². The van der Waals surface area contributed by atoms with Crippen LogP contribution in [0.4, 0.5) is 0 Å². The maximum absolute atomic E-state index is 12.2. The Bertz CT molecular complexity index is 1160. The smallest absolute Gasteiger partial charge is 0.215 e. The molecule has 0 fully saturated rings. The number of aromatic nitrogens is 4. The first-order chi connectivity index (χ1) is 13.6. The average molecular weight is 416 g/mol. The number of thiophene rings is 1. The van der Waals surface area contributed by atoms with E-state index in [4.69, 9.17) is 4.74 Å². The predicted octanol–water partition coefficient (Wildman–Crippen LogP) is 2.35. The largest absolute Gasteiger partial charge is 0.492 e. The van der Waals surface area contributed by atoms with E-state index >= 15 is 0 Å². The van der Waals surface area contributed by atoms with Crippen LogP contribution in [0.5, 0.6) is 5.75 Å². The molecule has 144 valence electrons. The first-order valence-electron chi connectivity index (χ1n) is 8.51. The molecule has 0 aliphatic heterocycles. The first-order valence-corrected chi connectivity index (χ1v) is 11.0. The Labute approximate surface area is 165 Å². The zero-order valence-electron chi connectivity index (χ0n) is 14.7. The predicted molar refractivity (Wildman–Crippen MR) is 107 cm³/mol. The molecule has 1 N–H and O–H groups in total. The molecule has 0 unspecified atom stereocenters. The molecule has 0 atom stereocenters. The molecule has 4 aromatic rings. The number of nitrogens with one attached hydrogen (secondary N) is 1. The Morgan fingerprint density at radius 1 is 1.04 bits per heavy atom. The van der Waals surface area contributed by atoms with E-state index in [-0.39, 0.29) is 18.9 Å². The maximum atomic E-state index is 12.2. The quantitative estimate of drug-likeness (QED) is 0.474. The zero-order valence-corrected chi connectivity index (χ0v) is 16.4.